The van der Waals surface area contributed by atoms with Crippen molar-refractivity contribution in [2.75, 3.05) is 35.0 Å². The molecule has 9 heteroatoms. The lowest BCUT2D eigenvalue weighted by Gasteiger charge is -2.14. The molecular formula is C29H26O8S. The molecule has 0 aliphatic heterocycles. The Morgan fingerprint density at radius 2 is 1.53 bits per heavy atom. The summed E-state index contributed by atoms with van der Waals surface area (Å²) < 4.78 is 28.3. The largest absolute Gasteiger partial charge is 0.496 e. The van der Waals surface area contributed by atoms with Gasteiger partial charge in [-0.25, -0.2) is 4.79 Å². The first-order valence-corrected chi connectivity index (χ1v) is 12.3. The summed E-state index contributed by atoms with van der Waals surface area (Å²) in [6, 6.07) is 16.6. The van der Waals surface area contributed by atoms with Gasteiger partial charge in [0.1, 0.15) is 11.5 Å². The maximum Gasteiger partial charge on any atom is 0.341 e. The first-order valence-electron chi connectivity index (χ1n) is 11.5. The van der Waals surface area contributed by atoms with Crippen LogP contribution in [0, 0.1) is 0 Å². The Balaban J connectivity index is 1.76. The smallest absolute Gasteiger partial charge is 0.341 e. The van der Waals surface area contributed by atoms with Crippen molar-refractivity contribution < 1.29 is 38.4 Å². The first kappa shape index (κ1) is 26.6. The topological polar surface area (TPSA) is 101 Å². The summed E-state index contributed by atoms with van der Waals surface area (Å²) in [5.41, 5.74) is 1.65. The second-order valence-electron chi connectivity index (χ2n) is 8.03. The van der Waals surface area contributed by atoms with Gasteiger partial charge >= 0.3 is 5.97 Å². The van der Waals surface area contributed by atoms with Crippen molar-refractivity contribution in [2.45, 2.75) is 0 Å². The third-order valence-electron chi connectivity index (χ3n) is 5.74. The third kappa shape index (κ3) is 5.57. The van der Waals surface area contributed by atoms with Gasteiger partial charge in [-0.3, -0.25) is 4.79 Å². The van der Waals surface area contributed by atoms with Crippen molar-refractivity contribution in [1.29, 1.82) is 0 Å². The van der Waals surface area contributed by atoms with E-state index < -0.39 is 12.6 Å². The quantitative estimate of drug-likeness (QED) is 0.186. The van der Waals surface area contributed by atoms with Crippen molar-refractivity contribution in [3.8, 4) is 39.2 Å². The number of ketones is 1. The molecule has 0 fully saturated rings. The highest BCUT2D eigenvalue weighted by atomic mass is 32.1. The van der Waals surface area contributed by atoms with E-state index in [1.807, 2.05) is 36.4 Å². The molecule has 3 aromatic carbocycles. The number of benzene rings is 3. The molecule has 0 atom stereocenters. The summed E-state index contributed by atoms with van der Waals surface area (Å²) in [5.74, 6) is 0.531. The minimum atomic E-state index is -1.09. The minimum Gasteiger partial charge on any atom is -0.496 e. The van der Waals surface area contributed by atoms with Gasteiger partial charge in [-0.15, -0.1) is 11.3 Å². The zero-order chi connectivity index (χ0) is 27.2. The van der Waals surface area contributed by atoms with Crippen LogP contribution >= 0.6 is 11.3 Å². The van der Waals surface area contributed by atoms with Gasteiger partial charge in [0.2, 0.25) is 5.75 Å². The van der Waals surface area contributed by atoms with E-state index in [2.05, 4.69) is 0 Å². The van der Waals surface area contributed by atoms with E-state index in [1.54, 1.807) is 35.6 Å². The zero-order valence-corrected chi connectivity index (χ0v) is 22.1. The molecule has 1 heterocycles. The van der Waals surface area contributed by atoms with Gasteiger partial charge in [0.05, 0.1) is 28.4 Å². The fourth-order valence-electron chi connectivity index (χ4n) is 3.94. The number of rotatable bonds is 11. The highest BCUT2D eigenvalue weighted by Crippen LogP contribution is 2.42. The highest BCUT2D eigenvalue weighted by molar-refractivity contribution is 7.22. The Morgan fingerprint density at radius 1 is 0.842 bits per heavy atom. The Morgan fingerprint density at radius 3 is 2.13 bits per heavy atom. The predicted octanol–water partition coefficient (Wildman–Crippen LogP) is 5.96. The molecule has 196 valence electrons. The van der Waals surface area contributed by atoms with Crippen molar-refractivity contribution in [2.24, 2.45) is 0 Å². The molecule has 0 unspecified atom stereocenters. The van der Waals surface area contributed by atoms with Crippen LogP contribution in [-0.4, -0.2) is 51.9 Å². The number of allylic oxidation sites excluding steroid dienone is 1. The normalized spacial score (nSPS) is 10.9. The fourth-order valence-corrected chi connectivity index (χ4v) is 5.02. The maximum absolute atomic E-state index is 13.1. The van der Waals surface area contributed by atoms with Crippen LogP contribution in [0.2, 0.25) is 0 Å². The molecule has 0 spiro atoms. The molecule has 0 saturated carbocycles. The number of ether oxygens (including phenoxy) is 5. The first-order chi connectivity index (χ1) is 18.4. The molecule has 0 amide bonds. The zero-order valence-electron chi connectivity index (χ0n) is 21.3. The predicted molar refractivity (Wildman–Crippen MR) is 146 cm³/mol. The van der Waals surface area contributed by atoms with E-state index in [4.69, 9.17) is 28.8 Å². The number of carbonyl (C=O) groups is 2. The van der Waals surface area contributed by atoms with E-state index in [0.717, 1.165) is 15.0 Å². The van der Waals surface area contributed by atoms with Crippen LogP contribution in [0.25, 0.3) is 26.6 Å². The van der Waals surface area contributed by atoms with Crippen LogP contribution in [-0.2, 0) is 4.79 Å². The van der Waals surface area contributed by atoms with E-state index in [0.29, 0.717) is 45.4 Å². The van der Waals surface area contributed by atoms with Crippen LogP contribution < -0.4 is 23.7 Å². The van der Waals surface area contributed by atoms with Crippen LogP contribution in [0.5, 0.6) is 28.7 Å². The lowest BCUT2D eigenvalue weighted by atomic mass is 10.0. The summed E-state index contributed by atoms with van der Waals surface area (Å²) in [5, 5.41) is 10.2. The molecule has 0 aliphatic rings. The van der Waals surface area contributed by atoms with Crippen molar-refractivity contribution >= 4 is 39.3 Å². The number of thiophene rings is 1. The average molecular weight is 535 g/mol. The molecular weight excluding hydrogens is 508 g/mol. The molecule has 38 heavy (non-hydrogen) atoms. The highest BCUT2D eigenvalue weighted by Gasteiger charge is 2.18. The van der Waals surface area contributed by atoms with Gasteiger partial charge in [-0.1, -0.05) is 18.2 Å². The van der Waals surface area contributed by atoms with Crippen LogP contribution in [0.4, 0.5) is 0 Å². The standard InChI is InChI=1S/C29H26O8S/c1-33-22-15-23(37-16-28(31)32)20(27-14-18-7-5-6-8-26(18)38-27)11-17(22)9-10-21(30)19-12-24(34-2)29(36-4)25(13-19)35-3/h5-15H,16H2,1-4H3,(H,31,32)/b10-9+. The summed E-state index contributed by atoms with van der Waals surface area (Å²) in [6.07, 6.45) is 3.06. The van der Waals surface area contributed by atoms with Crippen molar-refractivity contribution in [3.63, 3.8) is 0 Å². The summed E-state index contributed by atoms with van der Waals surface area (Å²) in [4.78, 5) is 25.2. The van der Waals surface area contributed by atoms with E-state index >= 15 is 0 Å². The Bertz CT molecular complexity index is 1460. The van der Waals surface area contributed by atoms with Crippen molar-refractivity contribution in [3.05, 3.63) is 71.8 Å². The van der Waals surface area contributed by atoms with Gasteiger partial charge in [0, 0.05) is 32.3 Å². The molecule has 8 nitrogen and oxygen atoms in total. The SMILES string of the molecule is COc1cc(OCC(=O)O)c(-c2cc3ccccc3s2)cc1/C=C/C(=O)c1cc(OC)c(OC)c(OC)c1. The number of methoxy groups -OCH3 is 4. The molecule has 4 rings (SSSR count). The molecule has 0 bridgehead atoms. The molecule has 4 aromatic rings. The Hall–Kier alpha value is -4.50. The van der Waals surface area contributed by atoms with Gasteiger partial charge in [0.25, 0.3) is 0 Å². The van der Waals surface area contributed by atoms with E-state index in [-0.39, 0.29) is 5.78 Å². The van der Waals surface area contributed by atoms with Gasteiger partial charge in [0.15, 0.2) is 23.9 Å². The Kier molecular flexibility index (Phi) is 8.18. The van der Waals surface area contributed by atoms with E-state index in [9.17, 15) is 9.59 Å². The fraction of sp³-hybridized carbons (Fsp3) is 0.172. The van der Waals surface area contributed by atoms with Crippen LogP contribution in [0.1, 0.15) is 15.9 Å². The molecule has 1 N–H and O–H groups in total. The van der Waals surface area contributed by atoms with Gasteiger partial charge in [-0.05, 0) is 47.9 Å². The minimum absolute atomic E-state index is 0.291. The Labute approximate surface area is 223 Å². The third-order valence-corrected chi connectivity index (χ3v) is 6.89. The molecule has 0 aliphatic carbocycles. The number of carboxylic acids is 1. The monoisotopic (exact) mass is 534 g/mol. The second kappa shape index (κ2) is 11.7. The number of carbonyl (C=O) groups excluding carboxylic acids is 1. The van der Waals surface area contributed by atoms with E-state index in [1.165, 1.54) is 34.5 Å². The molecule has 0 saturated heterocycles. The second-order valence-corrected chi connectivity index (χ2v) is 9.12. The van der Waals surface area contributed by atoms with Gasteiger partial charge < -0.3 is 28.8 Å². The number of carboxylic acid groups (broad SMARTS) is 1. The lowest BCUT2D eigenvalue weighted by molar-refractivity contribution is -0.139. The van der Waals surface area contributed by atoms with Crippen LogP contribution in [0.3, 0.4) is 0 Å². The number of aliphatic carboxylic acids is 1. The number of fused-ring (bicyclic) bond motifs is 1. The number of hydrogen-bond donors (Lipinski definition) is 1. The maximum atomic E-state index is 13.1. The summed E-state index contributed by atoms with van der Waals surface area (Å²) in [6.45, 7) is -0.504. The average Bonchev–Trinajstić information content (AvgIpc) is 3.37. The lowest BCUT2D eigenvalue weighted by Crippen LogP contribution is -2.10. The summed E-state index contributed by atoms with van der Waals surface area (Å²) in [7, 11) is 5.95. The number of hydrogen-bond acceptors (Lipinski definition) is 8. The van der Waals surface area contributed by atoms with Crippen molar-refractivity contribution in [1.82, 2.24) is 0 Å². The molecule has 0 radical (unpaired) electrons. The van der Waals surface area contributed by atoms with Crippen LogP contribution in [0.15, 0.2) is 60.7 Å². The molecule has 1 aromatic heterocycles. The van der Waals surface area contributed by atoms with Gasteiger partial charge in [-0.2, -0.15) is 0 Å². The summed E-state index contributed by atoms with van der Waals surface area (Å²) >= 11 is 1.55.